The summed E-state index contributed by atoms with van der Waals surface area (Å²) in [6.45, 7) is 3.27. The number of aromatic nitrogens is 2. The van der Waals surface area contributed by atoms with E-state index in [1.165, 1.54) is 24.8 Å². The van der Waals surface area contributed by atoms with Crippen molar-refractivity contribution in [2.24, 2.45) is 0 Å². The second-order valence-corrected chi connectivity index (χ2v) is 5.06. The zero-order chi connectivity index (χ0) is 11.7. The van der Waals surface area contributed by atoms with E-state index in [4.69, 9.17) is 0 Å². The molecule has 3 rings (SSSR count). The van der Waals surface area contributed by atoms with Crippen LogP contribution in [0.3, 0.4) is 0 Å². The van der Waals surface area contributed by atoms with E-state index >= 15 is 0 Å². The number of H-pyrrole nitrogens is 1. The topological polar surface area (TPSA) is 40.7 Å². The molecule has 17 heavy (non-hydrogen) atoms. The standard InChI is InChI=1S/C14H19N3/c1-10-5-6-12-13(8-10)17-14(16-12)9-11-4-2-3-7-15-11/h5-6,8,11,15H,2-4,7,9H2,1H3,(H,16,17). The predicted octanol–water partition coefficient (Wildman–Crippen LogP) is 2.56. The van der Waals surface area contributed by atoms with Crippen LogP contribution >= 0.6 is 0 Å². The molecule has 0 saturated carbocycles. The number of benzene rings is 1. The van der Waals surface area contributed by atoms with Crippen LogP contribution in [0, 0.1) is 6.92 Å². The van der Waals surface area contributed by atoms with Gasteiger partial charge in [0.15, 0.2) is 0 Å². The lowest BCUT2D eigenvalue weighted by molar-refractivity contribution is 0.395. The molecule has 1 aliphatic heterocycles. The van der Waals surface area contributed by atoms with Crippen LogP contribution in [-0.4, -0.2) is 22.6 Å². The largest absolute Gasteiger partial charge is 0.342 e. The normalized spacial score (nSPS) is 20.9. The number of imidazole rings is 1. The first kappa shape index (κ1) is 10.8. The molecule has 0 bridgehead atoms. The molecule has 1 fully saturated rings. The number of hydrogen-bond acceptors (Lipinski definition) is 2. The Morgan fingerprint density at radius 3 is 3.12 bits per heavy atom. The number of aryl methyl sites for hydroxylation is 1. The fourth-order valence-electron chi connectivity index (χ4n) is 2.60. The van der Waals surface area contributed by atoms with Gasteiger partial charge in [-0.05, 0) is 44.0 Å². The lowest BCUT2D eigenvalue weighted by atomic mass is 10.0. The highest BCUT2D eigenvalue weighted by Gasteiger charge is 2.14. The van der Waals surface area contributed by atoms with E-state index in [1.807, 2.05) is 0 Å². The third-order valence-electron chi connectivity index (χ3n) is 3.54. The van der Waals surface area contributed by atoms with Crippen LogP contribution in [0.5, 0.6) is 0 Å². The van der Waals surface area contributed by atoms with Crippen LogP contribution in [0.4, 0.5) is 0 Å². The third-order valence-corrected chi connectivity index (χ3v) is 3.54. The van der Waals surface area contributed by atoms with Gasteiger partial charge in [0.2, 0.25) is 0 Å². The van der Waals surface area contributed by atoms with E-state index < -0.39 is 0 Å². The minimum atomic E-state index is 0.602. The molecule has 2 heterocycles. The molecule has 1 aromatic carbocycles. The van der Waals surface area contributed by atoms with Gasteiger partial charge in [0.25, 0.3) is 0 Å². The first-order valence-corrected chi connectivity index (χ1v) is 6.50. The molecule has 2 N–H and O–H groups in total. The van der Waals surface area contributed by atoms with Gasteiger partial charge in [-0.25, -0.2) is 4.98 Å². The van der Waals surface area contributed by atoms with Gasteiger partial charge in [0, 0.05) is 12.5 Å². The number of fused-ring (bicyclic) bond motifs is 1. The van der Waals surface area contributed by atoms with Crippen LogP contribution in [0.15, 0.2) is 18.2 Å². The molecule has 1 aromatic heterocycles. The van der Waals surface area contributed by atoms with Gasteiger partial charge in [0.05, 0.1) is 11.0 Å². The van der Waals surface area contributed by atoms with E-state index in [9.17, 15) is 0 Å². The van der Waals surface area contributed by atoms with Crippen LogP contribution in [0.1, 0.15) is 30.7 Å². The van der Waals surface area contributed by atoms with Crippen molar-refractivity contribution in [2.75, 3.05) is 6.54 Å². The highest BCUT2D eigenvalue weighted by molar-refractivity contribution is 5.75. The average Bonchev–Trinajstić information content (AvgIpc) is 2.71. The minimum Gasteiger partial charge on any atom is -0.342 e. The highest BCUT2D eigenvalue weighted by Crippen LogP contribution is 2.16. The molecule has 0 aliphatic carbocycles. The fraction of sp³-hybridized carbons (Fsp3) is 0.500. The highest BCUT2D eigenvalue weighted by atomic mass is 15.0. The summed E-state index contributed by atoms with van der Waals surface area (Å²) in [7, 11) is 0. The maximum atomic E-state index is 4.65. The smallest absolute Gasteiger partial charge is 0.108 e. The number of piperidine rings is 1. The molecular formula is C14H19N3. The van der Waals surface area contributed by atoms with Gasteiger partial charge in [-0.2, -0.15) is 0 Å². The molecule has 1 atom stereocenters. The Bertz CT molecular complexity index is 509. The fourth-order valence-corrected chi connectivity index (χ4v) is 2.60. The van der Waals surface area contributed by atoms with Crippen molar-refractivity contribution in [1.82, 2.24) is 15.3 Å². The van der Waals surface area contributed by atoms with Crippen LogP contribution in [0.2, 0.25) is 0 Å². The molecular weight excluding hydrogens is 210 g/mol. The Hall–Kier alpha value is -1.35. The Morgan fingerprint density at radius 1 is 1.35 bits per heavy atom. The van der Waals surface area contributed by atoms with E-state index in [2.05, 4.69) is 40.4 Å². The summed E-state index contributed by atoms with van der Waals surface area (Å²) < 4.78 is 0. The van der Waals surface area contributed by atoms with Crippen molar-refractivity contribution in [1.29, 1.82) is 0 Å². The SMILES string of the molecule is Cc1ccc2nc(CC3CCCCN3)[nH]c2c1. The molecule has 2 aromatic rings. The molecule has 0 amide bonds. The van der Waals surface area contributed by atoms with Gasteiger partial charge in [-0.3, -0.25) is 0 Å². The summed E-state index contributed by atoms with van der Waals surface area (Å²) in [4.78, 5) is 8.08. The Kier molecular flexibility index (Phi) is 2.85. The number of aromatic amines is 1. The van der Waals surface area contributed by atoms with Gasteiger partial charge in [0.1, 0.15) is 5.82 Å². The number of rotatable bonds is 2. The monoisotopic (exact) mass is 229 g/mol. The number of hydrogen-bond donors (Lipinski definition) is 2. The molecule has 3 nitrogen and oxygen atoms in total. The summed E-state index contributed by atoms with van der Waals surface area (Å²) >= 11 is 0. The second kappa shape index (κ2) is 4.49. The van der Waals surface area contributed by atoms with E-state index in [-0.39, 0.29) is 0 Å². The predicted molar refractivity (Wildman–Crippen MR) is 70.2 cm³/mol. The average molecular weight is 229 g/mol. The number of nitrogens with zero attached hydrogens (tertiary/aromatic N) is 1. The maximum absolute atomic E-state index is 4.65. The lowest BCUT2D eigenvalue weighted by Crippen LogP contribution is -2.35. The van der Waals surface area contributed by atoms with Crippen LogP contribution in [0.25, 0.3) is 11.0 Å². The molecule has 90 valence electrons. The summed E-state index contributed by atoms with van der Waals surface area (Å²) in [6.07, 6.45) is 4.95. The zero-order valence-electron chi connectivity index (χ0n) is 10.3. The first-order chi connectivity index (χ1) is 8.31. The second-order valence-electron chi connectivity index (χ2n) is 5.06. The molecule has 1 aliphatic rings. The van der Waals surface area contributed by atoms with Crippen LogP contribution < -0.4 is 5.32 Å². The summed E-state index contributed by atoms with van der Waals surface area (Å²) in [5, 5.41) is 3.56. The van der Waals surface area contributed by atoms with Crippen molar-refractivity contribution in [3.8, 4) is 0 Å². The van der Waals surface area contributed by atoms with Crippen molar-refractivity contribution in [2.45, 2.75) is 38.6 Å². The van der Waals surface area contributed by atoms with Crippen LogP contribution in [-0.2, 0) is 6.42 Å². The summed E-state index contributed by atoms with van der Waals surface area (Å²) in [6, 6.07) is 6.98. The van der Waals surface area contributed by atoms with Crippen molar-refractivity contribution < 1.29 is 0 Å². The van der Waals surface area contributed by atoms with Gasteiger partial charge in [-0.1, -0.05) is 12.5 Å². The minimum absolute atomic E-state index is 0.602. The summed E-state index contributed by atoms with van der Waals surface area (Å²) in [5.41, 5.74) is 3.53. The van der Waals surface area contributed by atoms with E-state index in [0.717, 1.165) is 29.8 Å². The molecule has 0 spiro atoms. The van der Waals surface area contributed by atoms with E-state index in [1.54, 1.807) is 0 Å². The molecule has 0 radical (unpaired) electrons. The molecule has 3 heteroatoms. The van der Waals surface area contributed by atoms with Gasteiger partial charge in [-0.15, -0.1) is 0 Å². The number of nitrogens with one attached hydrogen (secondary N) is 2. The molecule has 1 unspecified atom stereocenters. The Labute approximate surface area is 102 Å². The van der Waals surface area contributed by atoms with Crippen molar-refractivity contribution >= 4 is 11.0 Å². The quantitative estimate of drug-likeness (QED) is 0.831. The van der Waals surface area contributed by atoms with Crippen molar-refractivity contribution in [3.63, 3.8) is 0 Å². The van der Waals surface area contributed by atoms with Gasteiger partial charge < -0.3 is 10.3 Å². The maximum Gasteiger partial charge on any atom is 0.108 e. The van der Waals surface area contributed by atoms with Crippen molar-refractivity contribution in [3.05, 3.63) is 29.6 Å². The molecule has 1 saturated heterocycles. The zero-order valence-corrected chi connectivity index (χ0v) is 10.3. The summed E-state index contributed by atoms with van der Waals surface area (Å²) in [5.74, 6) is 1.12. The first-order valence-electron chi connectivity index (χ1n) is 6.50. The Morgan fingerprint density at radius 2 is 2.29 bits per heavy atom. The third kappa shape index (κ3) is 2.34. The lowest BCUT2D eigenvalue weighted by Gasteiger charge is -2.22. The Balaban J connectivity index is 1.80. The van der Waals surface area contributed by atoms with Gasteiger partial charge >= 0.3 is 0 Å². The van der Waals surface area contributed by atoms with E-state index in [0.29, 0.717) is 6.04 Å².